The number of anilines is 1. The third-order valence-corrected chi connectivity index (χ3v) is 3.44. The smallest absolute Gasteiger partial charge is 0.236 e. The van der Waals surface area contributed by atoms with Gasteiger partial charge in [-0.3, -0.25) is 4.79 Å². The minimum absolute atomic E-state index is 0.182. The molecule has 0 atom stereocenters. The van der Waals surface area contributed by atoms with Gasteiger partial charge in [0.25, 0.3) is 0 Å². The predicted molar refractivity (Wildman–Crippen MR) is 79.6 cm³/mol. The van der Waals surface area contributed by atoms with Crippen LogP contribution in [0.3, 0.4) is 0 Å². The van der Waals surface area contributed by atoms with E-state index in [0.29, 0.717) is 0 Å². The number of hydrogen-bond acceptors (Lipinski definition) is 2. The normalized spacial score (nSPS) is 11.1. The van der Waals surface area contributed by atoms with E-state index in [2.05, 4.69) is 12.2 Å². The molecule has 0 saturated carbocycles. The highest BCUT2D eigenvalue weighted by Crippen LogP contribution is 2.19. The van der Waals surface area contributed by atoms with Gasteiger partial charge in [-0.2, -0.15) is 0 Å². The van der Waals surface area contributed by atoms with Gasteiger partial charge in [-0.15, -0.1) is 0 Å². The van der Waals surface area contributed by atoms with E-state index in [9.17, 15) is 4.79 Å². The number of carbonyl (C=O) groups is 1. The summed E-state index contributed by atoms with van der Waals surface area (Å²) >= 11 is 4.90. The monoisotopic (exact) mass is 264 g/mol. The molecule has 0 aliphatic carbocycles. The number of thiocarbonyl (C=S) groups is 1. The molecular formula is C14H20N2OS. The summed E-state index contributed by atoms with van der Waals surface area (Å²) in [6, 6.07) is 7.84. The van der Waals surface area contributed by atoms with E-state index >= 15 is 0 Å². The zero-order chi connectivity index (χ0) is 13.8. The van der Waals surface area contributed by atoms with Crippen molar-refractivity contribution >= 4 is 28.8 Å². The van der Waals surface area contributed by atoms with Crippen molar-refractivity contribution in [2.45, 2.75) is 33.6 Å². The van der Waals surface area contributed by atoms with E-state index in [1.165, 1.54) is 5.56 Å². The Bertz CT molecular complexity index is 438. The summed E-state index contributed by atoms with van der Waals surface area (Å²) in [5, 5.41) is 2.83. The summed E-state index contributed by atoms with van der Waals surface area (Å²) in [5.41, 5.74) is 6.76. The zero-order valence-electron chi connectivity index (χ0n) is 11.1. The first-order valence-corrected chi connectivity index (χ1v) is 6.49. The maximum atomic E-state index is 12.0. The van der Waals surface area contributed by atoms with E-state index in [-0.39, 0.29) is 10.9 Å². The molecule has 0 aliphatic rings. The summed E-state index contributed by atoms with van der Waals surface area (Å²) in [7, 11) is 0. The molecular weight excluding hydrogens is 244 g/mol. The summed E-state index contributed by atoms with van der Waals surface area (Å²) in [4.78, 5) is 12.2. The van der Waals surface area contributed by atoms with Crippen LogP contribution in [0.15, 0.2) is 24.3 Å². The summed E-state index contributed by atoms with van der Waals surface area (Å²) in [6.45, 7) is 5.58. The Labute approximate surface area is 114 Å². The summed E-state index contributed by atoms with van der Waals surface area (Å²) < 4.78 is 0. The van der Waals surface area contributed by atoms with Crippen LogP contribution in [-0.2, 0) is 11.2 Å². The summed E-state index contributed by atoms with van der Waals surface area (Å²) in [6.07, 6.45) is 2.16. The number of aryl methyl sites for hydroxylation is 1. The lowest BCUT2D eigenvalue weighted by molar-refractivity contribution is -0.121. The van der Waals surface area contributed by atoms with Crippen molar-refractivity contribution in [1.29, 1.82) is 0 Å². The Kier molecular flexibility index (Phi) is 4.84. The number of amides is 1. The predicted octanol–water partition coefficient (Wildman–Crippen LogP) is 2.89. The van der Waals surface area contributed by atoms with Gasteiger partial charge < -0.3 is 11.1 Å². The van der Waals surface area contributed by atoms with Crippen LogP contribution in [0.1, 0.15) is 32.8 Å². The summed E-state index contributed by atoms with van der Waals surface area (Å²) in [5.74, 6) is -0.182. The van der Waals surface area contributed by atoms with Crippen LogP contribution in [0.5, 0.6) is 0 Å². The largest absolute Gasteiger partial charge is 0.392 e. The van der Waals surface area contributed by atoms with Gasteiger partial charge >= 0.3 is 0 Å². The molecule has 0 fully saturated rings. The molecule has 0 aromatic heterocycles. The third-order valence-electron chi connectivity index (χ3n) is 2.93. The lowest BCUT2D eigenvalue weighted by atomic mass is 9.92. The lowest BCUT2D eigenvalue weighted by Crippen LogP contribution is -2.41. The molecule has 0 bridgehead atoms. The number of hydrogen-bond donors (Lipinski definition) is 2. The molecule has 98 valence electrons. The fraction of sp³-hybridized carbons (Fsp3) is 0.429. The molecule has 1 amide bonds. The number of carbonyl (C=O) groups excluding carboxylic acids is 1. The minimum atomic E-state index is -0.836. The van der Waals surface area contributed by atoms with Crippen molar-refractivity contribution in [3.63, 3.8) is 0 Å². The number of nitrogens with two attached hydrogens (primary N) is 1. The van der Waals surface area contributed by atoms with E-state index < -0.39 is 5.41 Å². The molecule has 0 heterocycles. The quantitative estimate of drug-likeness (QED) is 0.804. The second-order valence-electron chi connectivity index (χ2n) is 4.89. The molecule has 1 aromatic rings. The Morgan fingerprint density at radius 2 is 1.89 bits per heavy atom. The number of benzene rings is 1. The fourth-order valence-electron chi connectivity index (χ4n) is 1.44. The van der Waals surface area contributed by atoms with Gasteiger partial charge in [-0.05, 0) is 38.0 Å². The average Bonchev–Trinajstić information content (AvgIpc) is 2.31. The average molecular weight is 264 g/mol. The van der Waals surface area contributed by atoms with Crippen LogP contribution in [0.4, 0.5) is 5.69 Å². The highest BCUT2D eigenvalue weighted by molar-refractivity contribution is 7.80. The third kappa shape index (κ3) is 3.53. The van der Waals surface area contributed by atoms with Gasteiger partial charge in [0.15, 0.2) is 0 Å². The maximum Gasteiger partial charge on any atom is 0.236 e. The maximum absolute atomic E-state index is 12.0. The standard InChI is InChI=1S/C14H20N2OS/c1-4-5-10-6-8-11(9-7-10)16-13(17)14(2,3)12(15)18/h6-9H,4-5H2,1-3H3,(H2,15,18)(H,16,17). The molecule has 0 unspecified atom stereocenters. The van der Waals surface area contributed by atoms with Gasteiger partial charge in [-0.1, -0.05) is 37.7 Å². The molecule has 0 saturated heterocycles. The van der Waals surface area contributed by atoms with Crippen LogP contribution in [0.2, 0.25) is 0 Å². The molecule has 0 aliphatic heterocycles. The van der Waals surface area contributed by atoms with E-state index in [0.717, 1.165) is 18.5 Å². The van der Waals surface area contributed by atoms with Crippen LogP contribution >= 0.6 is 12.2 Å². The molecule has 3 N–H and O–H groups in total. The van der Waals surface area contributed by atoms with Gasteiger partial charge in [0.05, 0.1) is 10.4 Å². The Morgan fingerprint density at radius 1 is 1.33 bits per heavy atom. The van der Waals surface area contributed by atoms with E-state index in [1.807, 2.05) is 24.3 Å². The van der Waals surface area contributed by atoms with E-state index in [1.54, 1.807) is 13.8 Å². The second-order valence-corrected chi connectivity index (χ2v) is 5.33. The van der Waals surface area contributed by atoms with Crippen LogP contribution in [-0.4, -0.2) is 10.9 Å². The van der Waals surface area contributed by atoms with Crippen molar-refractivity contribution in [2.75, 3.05) is 5.32 Å². The highest BCUT2D eigenvalue weighted by Gasteiger charge is 2.30. The van der Waals surface area contributed by atoms with E-state index in [4.69, 9.17) is 18.0 Å². The van der Waals surface area contributed by atoms with Crippen molar-refractivity contribution < 1.29 is 4.79 Å². The first-order chi connectivity index (χ1) is 8.37. The minimum Gasteiger partial charge on any atom is -0.392 e. The van der Waals surface area contributed by atoms with Gasteiger partial charge in [0.2, 0.25) is 5.91 Å². The topological polar surface area (TPSA) is 55.1 Å². The van der Waals surface area contributed by atoms with Crippen LogP contribution < -0.4 is 11.1 Å². The SMILES string of the molecule is CCCc1ccc(NC(=O)C(C)(C)C(N)=S)cc1. The van der Waals surface area contributed by atoms with Gasteiger partial charge in [0, 0.05) is 5.69 Å². The van der Waals surface area contributed by atoms with Crippen molar-refractivity contribution in [3.8, 4) is 0 Å². The molecule has 1 aromatic carbocycles. The molecule has 3 nitrogen and oxygen atoms in total. The van der Waals surface area contributed by atoms with Crippen LogP contribution in [0.25, 0.3) is 0 Å². The Hall–Kier alpha value is -1.42. The molecule has 18 heavy (non-hydrogen) atoms. The Balaban J connectivity index is 2.73. The highest BCUT2D eigenvalue weighted by atomic mass is 32.1. The van der Waals surface area contributed by atoms with Crippen molar-refractivity contribution in [2.24, 2.45) is 11.1 Å². The molecule has 0 spiro atoms. The first kappa shape index (κ1) is 14.6. The molecule has 4 heteroatoms. The molecule has 1 rings (SSSR count). The van der Waals surface area contributed by atoms with Crippen molar-refractivity contribution in [1.82, 2.24) is 0 Å². The first-order valence-electron chi connectivity index (χ1n) is 6.08. The van der Waals surface area contributed by atoms with Gasteiger partial charge in [0.1, 0.15) is 0 Å². The number of nitrogens with one attached hydrogen (secondary N) is 1. The second kappa shape index (κ2) is 5.96. The molecule has 0 radical (unpaired) electrons. The zero-order valence-corrected chi connectivity index (χ0v) is 11.9. The fourth-order valence-corrected chi connectivity index (χ4v) is 1.54. The number of rotatable bonds is 5. The van der Waals surface area contributed by atoms with Gasteiger partial charge in [-0.25, -0.2) is 0 Å². The van der Waals surface area contributed by atoms with Crippen LogP contribution in [0, 0.1) is 5.41 Å². The lowest BCUT2D eigenvalue weighted by Gasteiger charge is -2.22. The van der Waals surface area contributed by atoms with Crippen molar-refractivity contribution in [3.05, 3.63) is 29.8 Å². The Morgan fingerprint density at radius 3 is 2.33 bits per heavy atom.